The van der Waals surface area contributed by atoms with Gasteiger partial charge < -0.3 is 10.2 Å². The van der Waals surface area contributed by atoms with Crippen molar-refractivity contribution in [2.75, 3.05) is 0 Å². The first kappa shape index (κ1) is 17.7. The molecule has 4 aliphatic carbocycles. The van der Waals surface area contributed by atoms with Gasteiger partial charge >= 0.3 is 0 Å². The molecule has 4 rings (SSSR count). The Kier molecular flexibility index (Phi) is 3.84. The van der Waals surface area contributed by atoms with Crippen LogP contribution in [0.4, 0.5) is 0 Å². The van der Waals surface area contributed by atoms with Crippen LogP contribution in [0.15, 0.2) is 11.6 Å². The van der Waals surface area contributed by atoms with Gasteiger partial charge in [0.05, 0.1) is 6.10 Å². The third-order valence-corrected chi connectivity index (χ3v) is 9.12. The van der Waals surface area contributed by atoms with Gasteiger partial charge in [0.25, 0.3) is 0 Å². The second-order valence-corrected chi connectivity index (χ2v) is 10.1. The number of hydrogen-bond donors (Lipinski definition) is 2. The highest BCUT2D eigenvalue weighted by molar-refractivity contribution is 5.86. The van der Waals surface area contributed by atoms with E-state index in [-0.39, 0.29) is 28.6 Å². The second-order valence-electron chi connectivity index (χ2n) is 10.1. The van der Waals surface area contributed by atoms with E-state index in [0.717, 1.165) is 38.5 Å². The molecule has 0 saturated heterocycles. The Morgan fingerprint density at radius 3 is 2.60 bits per heavy atom. The zero-order valence-corrected chi connectivity index (χ0v) is 16.2. The van der Waals surface area contributed by atoms with E-state index >= 15 is 0 Å². The molecule has 140 valence electrons. The molecular formula is C22H34O3. The van der Waals surface area contributed by atoms with Crippen LogP contribution in [-0.4, -0.2) is 27.7 Å². The SMILES string of the molecule is CC(=O)[C@]1(O)[C@H](C)C[C@@H]2[C@@H]3CC[C@@H]4C[C@H](O)CC[C@@]4(C)C3=CC[C@@]21C. The molecular weight excluding hydrogens is 312 g/mol. The van der Waals surface area contributed by atoms with Crippen molar-refractivity contribution in [1.29, 1.82) is 0 Å². The van der Waals surface area contributed by atoms with Gasteiger partial charge in [-0.05, 0) is 81.0 Å². The van der Waals surface area contributed by atoms with E-state index in [9.17, 15) is 15.0 Å². The van der Waals surface area contributed by atoms with Crippen molar-refractivity contribution < 1.29 is 15.0 Å². The lowest BCUT2D eigenvalue weighted by molar-refractivity contribution is -0.156. The summed E-state index contributed by atoms with van der Waals surface area (Å²) in [7, 11) is 0. The molecule has 4 aliphatic rings. The first-order valence-electron chi connectivity index (χ1n) is 10.3. The number of hydrogen-bond acceptors (Lipinski definition) is 3. The number of aliphatic hydroxyl groups excluding tert-OH is 1. The van der Waals surface area contributed by atoms with Crippen LogP contribution in [0.2, 0.25) is 0 Å². The van der Waals surface area contributed by atoms with Gasteiger partial charge in [0.15, 0.2) is 5.78 Å². The van der Waals surface area contributed by atoms with Crippen molar-refractivity contribution in [3.8, 4) is 0 Å². The molecule has 0 spiro atoms. The predicted octanol–water partition coefficient (Wildman–Crippen LogP) is 3.88. The molecule has 0 aromatic heterocycles. The maximum Gasteiger partial charge on any atom is 0.162 e. The van der Waals surface area contributed by atoms with Crippen LogP contribution in [-0.2, 0) is 4.79 Å². The molecule has 0 amide bonds. The van der Waals surface area contributed by atoms with Crippen LogP contribution < -0.4 is 0 Å². The third kappa shape index (κ3) is 2.09. The molecule has 25 heavy (non-hydrogen) atoms. The Hall–Kier alpha value is -0.670. The molecule has 0 heterocycles. The minimum atomic E-state index is -1.18. The monoisotopic (exact) mass is 346 g/mol. The predicted molar refractivity (Wildman–Crippen MR) is 97.9 cm³/mol. The molecule has 0 radical (unpaired) electrons. The second kappa shape index (κ2) is 5.42. The van der Waals surface area contributed by atoms with E-state index in [4.69, 9.17) is 0 Å². The van der Waals surface area contributed by atoms with Gasteiger partial charge in [-0.25, -0.2) is 0 Å². The first-order valence-corrected chi connectivity index (χ1v) is 10.3. The third-order valence-electron chi connectivity index (χ3n) is 9.12. The van der Waals surface area contributed by atoms with Crippen molar-refractivity contribution in [2.24, 2.45) is 34.5 Å². The molecule has 0 aromatic carbocycles. The molecule has 0 aromatic rings. The standard InChI is InChI=1S/C22H34O3/c1-13-11-19-17-6-5-15-12-16(24)7-9-20(15,3)18(17)8-10-21(19,4)22(13,25)14(2)23/h8,13,15-17,19,24-25H,5-7,9-12H2,1-4H3/t13-,15-,16-,17-,19-,20-,21+,22-/m1/s1. The number of Topliss-reactive ketones (excluding diaryl/α,β-unsaturated/α-hetero) is 1. The zero-order valence-electron chi connectivity index (χ0n) is 16.2. The molecule has 0 unspecified atom stereocenters. The number of rotatable bonds is 1. The maximum atomic E-state index is 12.4. The molecule has 2 N–H and O–H groups in total. The van der Waals surface area contributed by atoms with Crippen LogP contribution in [0.25, 0.3) is 0 Å². The number of aliphatic hydroxyl groups is 2. The largest absolute Gasteiger partial charge is 0.393 e. The van der Waals surface area contributed by atoms with E-state index < -0.39 is 5.60 Å². The number of fused-ring (bicyclic) bond motifs is 5. The van der Waals surface area contributed by atoms with Crippen LogP contribution in [0, 0.1) is 34.5 Å². The Labute approximate surface area is 151 Å². The van der Waals surface area contributed by atoms with E-state index in [0.29, 0.717) is 17.8 Å². The highest BCUT2D eigenvalue weighted by atomic mass is 16.3. The fourth-order valence-corrected chi connectivity index (χ4v) is 7.60. The molecule has 3 fully saturated rings. The quantitative estimate of drug-likeness (QED) is 0.709. The minimum absolute atomic E-state index is 0.0338. The number of carbonyl (C=O) groups excluding carboxylic acids is 1. The number of allylic oxidation sites excluding steroid dienone is 2. The molecule has 3 nitrogen and oxygen atoms in total. The molecule has 0 aliphatic heterocycles. The summed E-state index contributed by atoms with van der Waals surface area (Å²) in [6.45, 7) is 8.22. The molecule has 8 atom stereocenters. The first-order chi connectivity index (χ1) is 11.6. The van der Waals surface area contributed by atoms with E-state index in [2.05, 4.69) is 26.8 Å². The summed E-state index contributed by atoms with van der Waals surface area (Å²) in [5.41, 5.74) is 0.298. The van der Waals surface area contributed by atoms with Gasteiger partial charge in [-0.1, -0.05) is 32.4 Å². The lowest BCUT2D eigenvalue weighted by Gasteiger charge is -2.57. The van der Waals surface area contributed by atoms with Gasteiger partial charge in [-0.3, -0.25) is 4.79 Å². The fourth-order valence-electron chi connectivity index (χ4n) is 7.60. The van der Waals surface area contributed by atoms with E-state index in [1.54, 1.807) is 12.5 Å². The topological polar surface area (TPSA) is 57.5 Å². The van der Waals surface area contributed by atoms with Gasteiger partial charge in [-0.15, -0.1) is 0 Å². The minimum Gasteiger partial charge on any atom is -0.393 e. The summed E-state index contributed by atoms with van der Waals surface area (Å²) in [6.07, 6.45) is 9.30. The normalized spacial score (nSPS) is 55.0. The summed E-state index contributed by atoms with van der Waals surface area (Å²) in [6, 6.07) is 0. The summed E-state index contributed by atoms with van der Waals surface area (Å²) in [4.78, 5) is 12.4. The fraction of sp³-hybridized carbons (Fsp3) is 0.864. The maximum absolute atomic E-state index is 12.4. The number of carbonyl (C=O) groups is 1. The van der Waals surface area contributed by atoms with Crippen LogP contribution in [0.1, 0.15) is 72.6 Å². The Balaban J connectivity index is 1.74. The summed E-state index contributed by atoms with van der Waals surface area (Å²) in [5.74, 6) is 1.48. The lowest BCUT2D eigenvalue weighted by atomic mass is 9.48. The van der Waals surface area contributed by atoms with Crippen molar-refractivity contribution in [1.82, 2.24) is 0 Å². The molecule has 0 bridgehead atoms. The smallest absolute Gasteiger partial charge is 0.162 e. The highest BCUT2D eigenvalue weighted by Gasteiger charge is 2.66. The summed E-state index contributed by atoms with van der Waals surface area (Å²) >= 11 is 0. The summed E-state index contributed by atoms with van der Waals surface area (Å²) < 4.78 is 0. The van der Waals surface area contributed by atoms with Gasteiger partial charge in [0, 0.05) is 5.41 Å². The van der Waals surface area contributed by atoms with E-state index in [1.807, 2.05) is 0 Å². The zero-order chi connectivity index (χ0) is 18.2. The summed E-state index contributed by atoms with van der Waals surface area (Å²) in [5, 5.41) is 21.5. The van der Waals surface area contributed by atoms with Crippen molar-refractivity contribution in [3.63, 3.8) is 0 Å². The van der Waals surface area contributed by atoms with Crippen molar-refractivity contribution >= 4 is 5.78 Å². The van der Waals surface area contributed by atoms with Crippen molar-refractivity contribution in [3.05, 3.63) is 11.6 Å². The van der Waals surface area contributed by atoms with Gasteiger partial charge in [-0.2, -0.15) is 0 Å². The highest BCUT2D eigenvalue weighted by Crippen LogP contribution is 2.67. The van der Waals surface area contributed by atoms with E-state index in [1.165, 1.54) is 6.42 Å². The van der Waals surface area contributed by atoms with Crippen molar-refractivity contribution in [2.45, 2.75) is 84.3 Å². The number of ketones is 1. The Morgan fingerprint density at radius 2 is 1.92 bits per heavy atom. The van der Waals surface area contributed by atoms with Gasteiger partial charge in [0.2, 0.25) is 0 Å². The van der Waals surface area contributed by atoms with Crippen LogP contribution in [0.3, 0.4) is 0 Å². The average molecular weight is 347 g/mol. The van der Waals surface area contributed by atoms with Crippen LogP contribution >= 0.6 is 0 Å². The van der Waals surface area contributed by atoms with Crippen LogP contribution in [0.5, 0.6) is 0 Å². The Bertz CT molecular complexity index is 625. The molecule has 3 heteroatoms. The lowest BCUT2D eigenvalue weighted by Crippen LogP contribution is -2.56. The molecule has 3 saturated carbocycles. The van der Waals surface area contributed by atoms with Gasteiger partial charge in [0.1, 0.15) is 5.60 Å². The Morgan fingerprint density at radius 1 is 1.20 bits per heavy atom. The average Bonchev–Trinajstić information content (AvgIpc) is 2.77.